The summed E-state index contributed by atoms with van der Waals surface area (Å²) in [4.78, 5) is 99.8. The van der Waals surface area contributed by atoms with E-state index in [9.17, 15) is 50.4 Å². The lowest BCUT2D eigenvalue weighted by atomic mass is 9.73. The molecule has 4 heterocycles. The van der Waals surface area contributed by atoms with Gasteiger partial charge in [-0.15, -0.1) is 13.2 Å². The van der Waals surface area contributed by atoms with E-state index < -0.39 is 120 Å². The zero-order valence-electron chi connectivity index (χ0n) is 52.8. The zero-order chi connectivity index (χ0) is 63.1. The van der Waals surface area contributed by atoms with Crippen LogP contribution in [0.1, 0.15) is 180 Å². The van der Waals surface area contributed by atoms with Crippen molar-refractivity contribution < 1.29 is 55.1 Å². The van der Waals surface area contributed by atoms with Gasteiger partial charge in [-0.3, -0.25) is 28.8 Å². The van der Waals surface area contributed by atoms with Crippen LogP contribution >= 0.6 is 0 Å². The Kier molecular flexibility index (Phi) is 16.0. The van der Waals surface area contributed by atoms with E-state index in [0.717, 1.165) is 64.2 Å². The summed E-state index contributed by atoms with van der Waals surface area (Å²) < 4.78 is 64.0. The fourth-order valence-corrected chi connectivity index (χ4v) is 19.6. The minimum atomic E-state index is -4.07. The normalized spacial score (nSPS) is 33.5. The molecule has 10 fully saturated rings. The second kappa shape index (κ2) is 21.0. The molecule has 0 aromatic carbocycles. The van der Waals surface area contributed by atoms with Crippen molar-refractivity contribution in [2.45, 2.75) is 221 Å². The van der Waals surface area contributed by atoms with Crippen molar-refractivity contribution >= 4 is 62.0 Å². The maximum absolute atomic E-state index is 14.5. The molecule has 476 valence electrons. The first-order chi connectivity index (χ1) is 39.1. The third-order valence-corrected chi connectivity index (χ3v) is 26.1. The number of alkyl carbamates (subject to hydrolysis) is 1. The Balaban J connectivity index is 0.000000206. The number of nitrogens with two attached hydrogens (primary N) is 1. The van der Waals surface area contributed by atoms with Crippen molar-refractivity contribution in [1.29, 1.82) is 0 Å². The Morgan fingerprint density at radius 3 is 1.20 bits per heavy atom. The number of rotatable bonds is 15. The van der Waals surface area contributed by atoms with E-state index in [4.69, 9.17) is 10.5 Å². The van der Waals surface area contributed by atoms with Gasteiger partial charge in [0, 0.05) is 61.9 Å². The second-order valence-electron chi connectivity index (χ2n) is 31.0. The largest absolute Gasteiger partial charge is 0.444 e. The van der Waals surface area contributed by atoms with Gasteiger partial charge in [-0.2, -0.15) is 25.4 Å². The summed E-state index contributed by atoms with van der Waals surface area (Å²) in [5.74, 6) is -4.02. The van der Waals surface area contributed by atoms with Gasteiger partial charge in [-0.25, -0.2) is 14.2 Å². The topological polar surface area (TPSA) is 296 Å². The number of carbonyl (C=O) groups is 7. The van der Waals surface area contributed by atoms with Gasteiger partial charge in [0.2, 0.25) is 23.6 Å². The Morgan fingerprint density at radius 1 is 0.553 bits per heavy atom. The van der Waals surface area contributed by atoms with E-state index >= 15 is 0 Å². The highest BCUT2D eigenvalue weighted by molar-refractivity contribution is 7.88. The van der Waals surface area contributed by atoms with Gasteiger partial charge < -0.3 is 36.2 Å². The predicted octanol–water partition coefficient (Wildman–Crippen LogP) is 4.92. The SMILES string of the molecule is C=C[C@@H]1C[C@]1(NC(=O)[C@@H]1C[C@@]2(CN1C(=O)[C@@H](N)C(C)(C)C)C(C)(C)C21CCC1)C(=O)NS(=O)(=O)N1CCCC1.C=C[C@@H]1C[C@]1(NC(=O)[C@@H]1C[C@@]2(CN1C(=O)[C@@H](NC(=O)OC(C)(C)C)C(C)(C)C)C(C)(C)C21CCC1)C(=O)NS(=O)(=O)N1CCCC1. The minimum absolute atomic E-state index is 0.0141. The van der Waals surface area contributed by atoms with E-state index in [1.54, 1.807) is 42.7 Å². The summed E-state index contributed by atoms with van der Waals surface area (Å²) in [7, 11) is -8.08. The van der Waals surface area contributed by atoms with E-state index in [1.165, 1.54) is 8.61 Å². The fourth-order valence-electron chi connectivity index (χ4n) is 17.0. The maximum atomic E-state index is 14.5. The number of fused-ring (bicyclic) bond motifs is 2. The first kappa shape index (κ1) is 64.8. The quantitative estimate of drug-likeness (QED) is 0.119. The minimum Gasteiger partial charge on any atom is -0.444 e. The number of nitrogens with one attached hydrogen (secondary N) is 5. The van der Waals surface area contributed by atoms with Crippen LogP contribution in [0.15, 0.2) is 25.3 Å². The summed E-state index contributed by atoms with van der Waals surface area (Å²) in [6, 6.07) is -3.47. The molecular formula is C61H98N10O12S2. The van der Waals surface area contributed by atoms with Crippen LogP contribution in [0.5, 0.6) is 0 Å². The van der Waals surface area contributed by atoms with Crippen molar-refractivity contribution in [3.8, 4) is 0 Å². The molecule has 4 aliphatic heterocycles. The lowest BCUT2D eigenvalue weighted by Crippen LogP contribution is -2.60. The van der Waals surface area contributed by atoms with Crippen LogP contribution in [0.2, 0.25) is 0 Å². The molecule has 0 bridgehead atoms. The van der Waals surface area contributed by atoms with E-state index in [-0.39, 0.29) is 51.2 Å². The number of carbonyl (C=O) groups excluding carboxylic acids is 7. The van der Waals surface area contributed by atoms with Gasteiger partial charge in [-0.1, -0.05) is 94.2 Å². The van der Waals surface area contributed by atoms with Crippen LogP contribution in [-0.2, 0) is 53.9 Å². The Bertz CT molecular complexity index is 3020. The third kappa shape index (κ3) is 10.3. The molecule has 10 aliphatic rings. The molecule has 0 aromatic heterocycles. The van der Waals surface area contributed by atoms with Crippen LogP contribution in [0.4, 0.5) is 4.79 Å². The standard InChI is InChI=1S/C33H53N5O7S.C28H45N5O5S/c1-10-21-18-33(21,26(41)36-46(43,44)37-16-11-12-17-37)35-24(39)22-19-32(30(8,9)31(32)14-13-15-31)20-38(22)25(40)23(28(2,3)4)34-27(42)45-29(5,6)7;1-7-18-15-28(18,23(36)31-39(37,38)32-13-8-9-14-32)30-21(34)19-16-27(25(5,6)26(27)11-10-12-26)17-33(19)22(35)20(29)24(2,3)4/h10,21-23H,1,11-20H2,2-9H3,(H,34,42)(H,35,39)(H,36,41);7,18-20H,1,8-17,29H2,2-6H3,(H,30,34)(H,31,36)/t21-,22+,23-,32-,33-;18-,19+,20-,27-,28-/m11/s1. The number of likely N-dealkylation sites (tertiary alicyclic amines) is 2. The molecule has 7 amide bonds. The lowest BCUT2D eigenvalue weighted by Gasteiger charge is -2.36. The number of ether oxygens (including phenoxy) is 1. The molecule has 7 N–H and O–H groups in total. The molecule has 10 rings (SSSR count). The van der Waals surface area contributed by atoms with Gasteiger partial charge in [0.15, 0.2) is 0 Å². The van der Waals surface area contributed by atoms with Crippen LogP contribution in [0.3, 0.4) is 0 Å². The molecule has 4 spiro atoms. The third-order valence-electron chi connectivity index (χ3n) is 23.1. The Morgan fingerprint density at radius 2 is 0.918 bits per heavy atom. The van der Waals surface area contributed by atoms with Gasteiger partial charge in [0.05, 0.1) is 6.04 Å². The zero-order valence-corrected chi connectivity index (χ0v) is 54.4. The highest BCUT2D eigenvalue weighted by Gasteiger charge is 2.86. The molecule has 6 saturated carbocycles. The van der Waals surface area contributed by atoms with Crippen molar-refractivity contribution in [3.05, 3.63) is 25.3 Å². The average Bonchev–Trinajstić information content (AvgIpc) is 1.46. The summed E-state index contributed by atoms with van der Waals surface area (Å²) in [5.41, 5.74) is 1.09. The smallest absolute Gasteiger partial charge is 0.408 e. The van der Waals surface area contributed by atoms with Crippen molar-refractivity contribution in [3.63, 3.8) is 0 Å². The summed E-state index contributed by atoms with van der Waals surface area (Å²) >= 11 is 0. The summed E-state index contributed by atoms with van der Waals surface area (Å²) in [5, 5.41) is 8.59. The van der Waals surface area contributed by atoms with Crippen molar-refractivity contribution in [2.24, 2.45) is 60.9 Å². The monoisotopic (exact) mass is 1230 g/mol. The van der Waals surface area contributed by atoms with Gasteiger partial charge in [-0.05, 0) is 130 Å². The number of nitrogens with zero attached hydrogens (tertiary/aromatic N) is 4. The van der Waals surface area contributed by atoms with Gasteiger partial charge in [0.1, 0.15) is 34.8 Å². The highest BCUT2D eigenvalue weighted by Crippen LogP contribution is 2.89. The average molecular weight is 1230 g/mol. The summed E-state index contributed by atoms with van der Waals surface area (Å²) in [6.07, 6.45) is 13.2. The Labute approximate surface area is 504 Å². The summed E-state index contributed by atoms with van der Waals surface area (Å²) in [6.45, 7) is 35.2. The van der Waals surface area contributed by atoms with E-state index in [0.29, 0.717) is 52.1 Å². The lowest BCUT2D eigenvalue weighted by molar-refractivity contribution is -0.143. The highest BCUT2D eigenvalue weighted by atomic mass is 32.2. The molecule has 10 atom stereocenters. The molecule has 0 aromatic rings. The van der Waals surface area contributed by atoms with Crippen LogP contribution < -0.4 is 31.1 Å². The van der Waals surface area contributed by atoms with E-state index in [2.05, 4.69) is 66.2 Å². The maximum Gasteiger partial charge on any atom is 0.408 e. The van der Waals surface area contributed by atoms with Gasteiger partial charge in [0.25, 0.3) is 11.8 Å². The molecule has 24 heteroatoms. The van der Waals surface area contributed by atoms with Crippen molar-refractivity contribution in [2.75, 3.05) is 39.3 Å². The number of hydrogen-bond acceptors (Lipinski definition) is 13. The predicted molar refractivity (Wildman–Crippen MR) is 319 cm³/mol. The molecule has 4 saturated heterocycles. The Hall–Kier alpha value is -4.65. The molecule has 0 unspecified atom stereocenters. The number of amides is 7. The van der Waals surface area contributed by atoms with Crippen LogP contribution in [0, 0.1) is 55.2 Å². The second-order valence-corrected chi connectivity index (χ2v) is 34.4. The molecule has 6 aliphatic carbocycles. The molecule has 85 heavy (non-hydrogen) atoms. The number of hydrogen-bond donors (Lipinski definition) is 6. The molecular weight excluding hydrogens is 1130 g/mol. The van der Waals surface area contributed by atoms with Crippen LogP contribution in [0.25, 0.3) is 0 Å². The first-order valence-electron chi connectivity index (χ1n) is 31.0. The first-order valence-corrected chi connectivity index (χ1v) is 33.9. The fraction of sp³-hybridized carbons (Fsp3) is 0.820. The van der Waals surface area contributed by atoms with Crippen LogP contribution in [-0.4, -0.2) is 157 Å². The van der Waals surface area contributed by atoms with Gasteiger partial charge >= 0.3 is 26.5 Å². The molecule has 22 nitrogen and oxygen atoms in total. The van der Waals surface area contributed by atoms with E-state index in [1.807, 2.05) is 41.5 Å². The molecule has 0 radical (unpaired) electrons. The van der Waals surface area contributed by atoms with Crippen molar-refractivity contribution in [1.82, 2.24) is 43.8 Å².